The van der Waals surface area contributed by atoms with Crippen LogP contribution in [0.25, 0.3) is 0 Å². The Morgan fingerprint density at radius 3 is 3.14 bits per heavy atom. The zero-order valence-electron chi connectivity index (χ0n) is 7.53. The smallest absolute Gasteiger partial charge is 0.196 e. The van der Waals surface area contributed by atoms with Gasteiger partial charge < -0.3 is 4.74 Å². The molecule has 5 heteroatoms. The van der Waals surface area contributed by atoms with Gasteiger partial charge in [0.1, 0.15) is 4.60 Å². The van der Waals surface area contributed by atoms with Crippen molar-refractivity contribution in [3.63, 3.8) is 0 Å². The third-order valence-electron chi connectivity index (χ3n) is 2.22. The predicted molar refractivity (Wildman–Crippen MR) is 57.7 cm³/mol. The number of carbonyl (C=O) groups excluding carboxylic acids is 1. The summed E-state index contributed by atoms with van der Waals surface area (Å²) < 4.78 is 6.01. The van der Waals surface area contributed by atoms with Crippen molar-refractivity contribution in [2.45, 2.75) is 12.8 Å². The SMILES string of the molecule is O=C(c1nc(Br)cs1)C1CCCOC1. The average molecular weight is 276 g/mol. The molecule has 0 bridgehead atoms. The second-order valence-corrected chi connectivity index (χ2v) is 4.92. The molecule has 1 atom stereocenters. The third-order valence-corrected chi connectivity index (χ3v) is 3.78. The summed E-state index contributed by atoms with van der Waals surface area (Å²) in [6, 6.07) is 0. The van der Waals surface area contributed by atoms with Crippen LogP contribution in [0, 0.1) is 5.92 Å². The summed E-state index contributed by atoms with van der Waals surface area (Å²) in [5, 5.41) is 2.42. The maximum absolute atomic E-state index is 11.9. The molecule has 0 spiro atoms. The molecule has 2 heterocycles. The highest BCUT2D eigenvalue weighted by Crippen LogP contribution is 2.22. The lowest BCUT2D eigenvalue weighted by molar-refractivity contribution is 0.0461. The number of nitrogens with zero attached hydrogens (tertiary/aromatic N) is 1. The highest BCUT2D eigenvalue weighted by molar-refractivity contribution is 9.10. The van der Waals surface area contributed by atoms with E-state index < -0.39 is 0 Å². The van der Waals surface area contributed by atoms with E-state index in [2.05, 4.69) is 20.9 Å². The number of hydrogen-bond acceptors (Lipinski definition) is 4. The van der Waals surface area contributed by atoms with Crippen molar-refractivity contribution in [2.75, 3.05) is 13.2 Å². The molecule has 14 heavy (non-hydrogen) atoms. The quantitative estimate of drug-likeness (QED) is 0.779. The van der Waals surface area contributed by atoms with Gasteiger partial charge in [0.25, 0.3) is 0 Å². The third kappa shape index (κ3) is 2.21. The second kappa shape index (κ2) is 4.51. The van der Waals surface area contributed by atoms with Crippen LogP contribution in [0.5, 0.6) is 0 Å². The molecule has 1 saturated heterocycles. The van der Waals surface area contributed by atoms with Gasteiger partial charge in [0.2, 0.25) is 0 Å². The van der Waals surface area contributed by atoms with Gasteiger partial charge in [-0.05, 0) is 28.8 Å². The molecule has 76 valence electrons. The lowest BCUT2D eigenvalue weighted by atomic mass is 9.98. The van der Waals surface area contributed by atoms with Crippen molar-refractivity contribution < 1.29 is 9.53 Å². The number of rotatable bonds is 2. The van der Waals surface area contributed by atoms with E-state index in [-0.39, 0.29) is 11.7 Å². The summed E-state index contributed by atoms with van der Waals surface area (Å²) in [7, 11) is 0. The molecule has 2 rings (SSSR count). The van der Waals surface area contributed by atoms with Crippen molar-refractivity contribution in [1.82, 2.24) is 4.98 Å². The van der Waals surface area contributed by atoms with Crippen LogP contribution in [0.1, 0.15) is 22.6 Å². The maximum atomic E-state index is 11.9. The summed E-state index contributed by atoms with van der Waals surface area (Å²) in [5.41, 5.74) is 0. The molecule has 0 N–H and O–H groups in total. The van der Waals surface area contributed by atoms with Crippen LogP contribution in [0.3, 0.4) is 0 Å². The maximum Gasteiger partial charge on any atom is 0.196 e. The fourth-order valence-corrected chi connectivity index (χ4v) is 2.76. The van der Waals surface area contributed by atoms with E-state index in [0.717, 1.165) is 24.1 Å². The van der Waals surface area contributed by atoms with Crippen molar-refractivity contribution in [3.8, 4) is 0 Å². The highest BCUT2D eigenvalue weighted by Gasteiger charge is 2.24. The molecule has 1 aromatic rings. The van der Waals surface area contributed by atoms with Crippen LogP contribution in [-0.4, -0.2) is 24.0 Å². The van der Waals surface area contributed by atoms with E-state index in [0.29, 0.717) is 11.6 Å². The van der Waals surface area contributed by atoms with Crippen molar-refractivity contribution in [3.05, 3.63) is 15.0 Å². The predicted octanol–water partition coefficient (Wildman–Crippen LogP) is 2.51. The highest BCUT2D eigenvalue weighted by atomic mass is 79.9. The van der Waals surface area contributed by atoms with Crippen LogP contribution in [0.15, 0.2) is 9.98 Å². The summed E-state index contributed by atoms with van der Waals surface area (Å²) in [6.45, 7) is 1.33. The number of aromatic nitrogens is 1. The van der Waals surface area contributed by atoms with Crippen molar-refractivity contribution in [1.29, 1.82) is 0 Å². The Morgan fingerprint density at radius 1 is 1.71 bits per heavy atom. The number of hydrogen-bond donors (Lipinski definition) is 0. The van der Waals surface area contributed by atoms with Gasteiger partial charge in [-0.25, -0.2) is 4.98 Å². The van der Waals surface area contributed by atoms with E-state index >= 15 is 0 Å². The Balaban J connectivity index is 2.07. The van der Waals surface area contributed by atoms with Crippen LogP contribution in [-0.2, 0) is 4.74 Å². The number of halogens is 1. The fraction of sp³-hybridized carbons (Fsp3) is 0.556. The minimum absolute atomic E-state index is 0.0156. The normalized spacial score (nSPS) is 22.2. The molecular formula is C9H10BrNO2S. The zero-order valence-corrected chi connectivity index (χ0v) is 9.94. The van der Waals surface area contributed by atoms with E-state index in [1.54, 1.807) is 0 Å². The molecule has 0 aromatic carbocycles. The summed E-state index contributed by atoms with van der Waals surface area (Å²) in [6.07, 6.45) is 1.90. The lowest BCUT2D eigenvalue weighted by Gasteiger charge is -2.19. The van der Waals surface area contributed by atoms with Gasteiger partial charge in [0.15, 0.2) is 10.8 Å². The number of carbonyl (C=O) groups is 1. The van der Waals surface area contributed by atoms with Gasteiger partial charge in [-0.1, -0.05) is 0 Å². The number of ketones is 1. The van der Waals surface area contributed by atoms with Crippen molar-refractivity contribution in [2.24, 2.45) is 5.92 Å². The first-order valence-electron chi connectivity index (χ1n) is 4.50. The first-order chi connectivity index (χ1) is 6.77. The zero-order chi connectivity index (χ0) is 9.97. The molecule has 1 aliphatic rings. The monoisotopic (exact) mass is 275 g/mol. The summed E-state index contributed by atoms with van der Waals surface area (Å²) in [5.74, 6) is 0.141. The van der Waals surface area contributed by atoms with Crippen LogP contribution in [0.4, 0.5) is 0 Å². The molecule has 0 saturated carbocycles. The topological polar surface area (TPSA) is 39.2 Å². The Hall–Kier alpha value is -0.260. The average Bonchev–Trinajstić information content (AvgIpc) is 2.65. The van der Waals surface area contributed by atoms with Gasteiger partial charge in [0.05, 0.1) is 6.61 Å². The van der Waals surface area contributed by atoms with Crippen LogP contribution >= 0.6 is 27.3 Å². The van der Waals surface area contributed by atoms with Crippen LogP contribution < -0.4 is 0 Å². The Bertz CT molecular complexity index is 333. The number of ether oxygens (including phenoxy) is 1. The van der Waals surface area contributed by atoms with Gasteiger partial charge in [-0.3, -0.25) is 4.79 Å². The molecule has 0 aliphatic carbocycles. The van der Waals surface area contributed by atoms with Gasteiger partial charge in [-0.15, -0.1) is 11.3 Å². The Kier molecular flexibility index (Phi) is 3.30. The molecule has 0 radical (unpaired) electrons. The van der Waals surface area contributed by atoms with E-state index in [9.17, 15) is 4.79 Å². The minimum Gasteiger partial charge on any atom is -0.381 e. The molecule has 1 unspecified atom stereocenters. The molecule has 3 nitrogen and oxygen atoms in total. The molecular weight excluding hydrogens is 266 g/mol. The largest absolute Gasteiger partial charge is 0.381 e. The van der Waals surface area contributed by atoms with E-state index in [4.69, 9.17) is 4.74 Å². The standard InChI is InChI=1S/C9H10BrNO2S/c10-7-5-14-9(11-7)8(12)6-2-1-3-13-4-6/h5-6H,1-4H2. The van der Waals surface area contributed by atoms with Gasteiger partial charge in [0, 0.05) is 17.9 Å². The number of thiazole rings is 1. The molecule has 1 fully saturated rings. The van der Waals surface area contributed by atoms with E-state index in [1.165, 1.54) is 11.3 Å². The molecule has 1 aliphatic heterocycles. The van der Waals surface area contributed by atoms with Crippen LogP contribution in [0.2, 0.25) is 0 Å². The molecule has 0 amide bonds. The van der Waals surface area contributed by atoms with Gasteiger partial charge in [-0.2, -0.15) is 0 Å². The fourth-order valence-electron chi connectivity index (χ4n) is 1.49. The summed E-state index contributed by atoms with van der Waals surface area (Å²) in [4.78, 5) is 16.0. The first kappa shape index (κ1) is 10.3. The number of Topliss-reactive ketones (excluding diaryl/α,β-unsaturated/α-hetero) is 1. The molecule has 1 aromatic heterocycles. The minimum atomic E-state index is 0.0156. The summed E-state index contributed by atoms with van der Waals surface area (Å²) >= 11 is 4.63. The van der Waals surface area contributed by atoms with Crippen molar-refractivity contribution >= 4 is 33.0 Å². The van der Waals surface area contributed by atoms with E-state index in [1.807, 2.05) is 5.38 Å². The first-order valence-corrected chi connectivity index (χ1v) is 6.17. The van der Waals surface area contributed by atoms with Gasteiger partial charge >= 0.3 is 0 Å². The lowest BCUT2D eigenvalue weighted by Crippen LogP contribution is -2.25. The Morgan fingerprint density at radius 2 is 2.57 bits per heavy atom. The Labute approximate surface area is 94.6 Å². The second-order valence-electron chi connectivity index (χ2n) is 3.25.